The molecule has 8 nitrogen and oxygen atoms in total. The normalized spacial score (nSPS) is 18.2. The Kier molecular flexibility index (Phi) is 7.81. The Labute approximate surface area is 212 Å². The fourth-order valence-corrected chi connectivity index (χ4v) is 6.03. The molecule has 1 N–H and O–H groups in total. The van der Waals surface area contributed by atoms with Crippen molar-refractivity contribution in [2.75, 3.05) is 50.3 Å². The standard InChI is InChI=1S/C23H28ClN5O3S2/c1-23(2)29(11-12-34-23)20(31)14-27-7-9-28(10-8-27)19(30)13-18-15-33-22(25-18)26-21(32)16-3-5-17(24)6-4-16/h3-6,15H,7-14H2,1-2H3,(H,25,26,32). The minimum Gasteiger partial charge on any atom is -0.340 e. The highest BCUT2D eigenvalue weighted by atomic mass is 35.5. The molecule has 1 aromatic heterocycles. The van der Waals surface area contributed by atoms with Gasteiger partial charge >= 0.3 is 0 Å². The first-order valence-corrected chi connectivity index (χ1v) is 13.4. The number of carbonyl (C=O) groups is 3. The van der Waals surface area contributed by atoms with E-state index in [9.17, 15) is 14.4 Å². The number of halogens is 1. The second kappa shape index (κ2) is 10.6. The fraction of sp³-hybridized carbons (Fsp3) is 0.478. The van der Waals surface area contributed by atoms with Gasteiger partial charge in [0.05, 0.1) is 23.5 Å². The summed E-state index contributed by atoms with van der Waals surface area (Å²) in [6.45, 7) is 7.91. The van der Waals surface area contributed by atoms with E-state index in [-0.39, 0.29) is 29.0 Å². The molecule has 3 heterocycles. The largest absolute Gasteiger partial charge is 0.340 e. The number of nitrogens with one attached hydrogen (secondary N) is 1. The maximum atomic E-state index is 12.8. The summed E-state index contributed by atoms with van der Waals surface area (Å²) in [6.07, 6.45) is 0.186. The lowest BCUT2D eigenvalue weighted by atomic mass is 10.2. The Morgan fingerprint density at radius 2 is 1.76 bits per heavy atom. The van der Waals surface area contributed by atoms with Crippen LogP contribution in [0.4, 0.5) is 5.13 Å². The first-order chi connectivity index (χ1) is 16.2. The third-order valence-electron chi connectivity index (χ3n) is 6.02. The minimum absolute atomic E-state index is 0.00364. The van der Waals surface area contributed by atoms with Crippen molar-refractivity contribution in [3.63, 3.8) is 0 Å². The molecule has 0 radical (unpaired) electrons. The zero-order chi connectivity index (χ0) is 24.3. The molecule has 0 aliphatic carbocycles. The van der Waals surface area contributed by atoms with Crippen LogP contribution in [0.5, 0.6) is 0 Å². The molecule has 0 saturated carbocycles. The molecule has 2 aliphatic heterocycles. The van der Waals surface area contributed by atoms with E-state index in [0.717, 1.165) is 12.3 Å². The number of nitrogens with zero attached hydrogens (tertiary/aromatic N) is 4. The third kappa shape index (κ3) is 6.10. The molecule has 0 bridgehead atoms. The zero-order valence-corrected chi connectivity index (χ0v) is 21.6. The van der Waals surface area contributed by atoms with Crippen LogP contribution in [0.1, 0.15) is 29.9 Å². The van der Waals surface area contributed by atoms with Gasteiger partial charge in [-0.2, -0.15) is 0 Å². The maximum Gasteiger partial charge on any atom is 0.257 e. The van der Waals surface area contributed by atoms with Gasteiger partial charge in [0.1, 0.15) is 0 Å². The van der Waals surface area contributed by atoms with Crippen molar-refractivity contribution >= 4 is 57.6 Å². The molecule has 1 aromatic carbocycles. The number of thiazole rings is 1. The van der Waals surface area contributed by atoms with Gasteiger partial charge < -0.3 is 9.80 Å². The first-order valence-electron chi connectivity index (χ1n) is 11.2. The number of benzene rings is 1. The van der Waals surface area contributed by atoms with E-state index in [4.69, 9.17) is 11.6 Å². The van der Waals surface area contributed by atoms with Gasteiger partial charge in [-0.05, 0) is 38.1 Å². The highest BCUT2D eigenvalue weighted by molar-refractivity contribution is 8.00. The van der Waals surface area contributed by atoms with E-state index in [1.165, 1.54) is 11.3 Å². The molecule has 2 aromatic rings. The van der Waals surface area contributed by atoms with Gasteiger partial charge in [0, 0.05) is 54.4 Å². The number of amides is 3. The molecule has 0 unspecified atom stereocenters. The first kappa shape index (κ1) is 25.0. The predicted molar refractivity (Wildman–Crippen MR) is 136 cm³/mol. The SMILES string of the molecule is CC1(C)SCCN1C(=O)CN1CCN(C(=O)Cc2csc(NC(=O)c3ccc(Cl)cc3)n2)CC1. The van der Waals surface area contributed by atoms with Crippen molar-refractivity contribution < 1.29 is 14.4 Å². The Balaban J connectivity index is 1.23. The van der Waals surface area contributed by atoms with E-state index in [2.05, 4.69) is 29.0 Å². The van der Waals surface area contributed by atoms with Crippen LogP contribution in [0, 0.1) is 0 Å². The molecule has 0 spiro atoms. The van der Waals surface area contributed by atoms with Crippen LogP contribution in [0.25, 0.3) is 0 Å². The van der Waals surface area contributed by atoms with Crippen molar-refractivity contribution in [1.82, 2.24) is 19.7 Å². The molecule has 182 valence electrons. The minimum atomic E-state index is -0.273. The average Bonchev–Trinajstić information content (AvgIpc) is 3.39. The zero-order valence-electron chi connectivity index (χ0n) is 19.3. The topological polar surface area (TPSA) is 85.9 Å². The molecule has 2 aliphatic rings. The van der Waals surface area contributed by atoms with Crippen LogP contribution in [0.3, 0.4) is 0 Å². The lowest BCUT2D eigenvalue weighted by Gasteiger charge is -2.37. The fourth-order valence-electron chi connectivity index (χ4n) is 4.07. The summed E-state index contributed by atoms with van der Waals surface area (Å²) in [5, 5.41) is 5.57. The second-order valence-corrected chi connectivity index (χ2v) is 11.8. The van der Waals surface area contributed by atoms with Crippen LogP contribution < -0.4 is 5.32 Å². The van der Waals surface area contributed by atoms with Crippen molar-refractivity contribution in [2.24, 2.45) is 0 Å². The Hall–Kier alpha value is -2.14. The van der Waals surface area contributed by atoms with E-state index in [0.29, 0.717) is 54.1 Å². The van der Waals surface area contributed by atoms with Crippen LogP contribution in [0.2, 0.25) is 5.02 Å². The van der Waals surface area contributed by atoms with Gasteiger partial charge in [0.2, 0.25) is 11.8 Å². The van der Waals surface area contributed by atoms with Crippen molar-refractivity contribution in [2.45, 2.75) is 25.1 Å². The van der Waals surface area contributed by atoms with Gasteiger partial charge in [-0.3, -0.25) is 24.6 Å². The van der Waals surface area contributed by atoms with Crippen molar-refractivity contribution in [1.29, 1.82) is 0 Å². The van der Waals surface area contributed by atoms with Gasteiger partial charge in [-0.1, -0.05) is 11.6 Å². The number of hydrogen-bond acceptors (Lipinski definition) is 7. The summed E-state index contributed by atoms with van der Waals surface area (Å²) in [5.74, 6) is 0.865. The summed E-state index contributed by atoms with van der Waals surface area (Å²) < 4.78 is 0. The smallest absolute Gasteiger partial charge is 0.257 e. The lowest BCUT2D eigenvalue weighted by Crippen LogP contribution is -2.53. The Morgan fingerprint density at radius 3 is 2.41 bits per heavy atom. The number of carbonyl (C=O) groups excluding carboxylic acids is 3. The number of thioether (sulfide) groups is 1. The molecule has 4 rings (SSSR count). The van der Waals surface area contributed by atoms with Gasteiger partial charge in [-0.15, -0.1) is 23.1 Å². The Morgan fingerprint density at radius 1 is 1.06 bits per heavy atom. The van der Waals surface area contributed by atoms with E-state index >= 15 is 0 Å². The molecule has 2 saturated heterocycles. The molecule has 3 amide bonds. The summed E-state index contributed by atoms with van der Waals surface area (Å²) in [7, 11) is 0. The van der Waals surface area contributed by atoms with Crippen LogP contribution in [-0.4, -0.2) is 87.3 Å². The highest BCUT2D eigenvalue weighted by Crippen LogP contribution is 2.34. The summed E-state index contributed by atoms with van der Waals surface area (Å²) in [6, 6.07) is 6.61. The monoisotopic (exact) mass is 521 g/mol. The van der Waals surface area contributed by atoms with Crippen LogP contribution in [0.15, 0.2) is 29.6 Å². The van der Waals surface area contributed by atoms with Gasteiger partial charge in [0.15, 0.2) is 5.13 Å². The quantitative estimate of drug-likeness (QED) is 0.629. The molecule has 0 atom stereocenters. The Bertz CT molecular complexity index is 1050. The van der Waals surface area contributed by atoms with Gasteiger partial charge in [-0.25, -0.2) is 4.98 Å². The second-order valence-electron chi connectivity index (χ2n) is 8.78. The summed E-state index contributed by atoms with van der Waals surface area (Å²) in [4.78, 5) is 48.0. The maximum absolute atomic E-state index is 12.8. The summed E-state index contributed by atoms with van der Waals surface area (Å²) in [5.41, 5.74) is 1.12. The molecule has 2 fully saturated rings. The predicted octanol–water partition coefficient (Wildman–Crippen LogP) is 3.05. The van der Waals surface area contributed by atoms with Gasteiger partial charge in [0.25, 0.3) is 5.91 Å². The number of hydrogen-bond donors (Lipinski definition) is 1. The molecular weight excluding hydrogens is 494 g/mol. The van der Waals surface area contributed by atoms with E-state index in [1.54, 1.807) is 29.6 Å². The van der Waals surface area contributed by atoms with Crippen LogP contribution >= 0.6 is 34.7 Å². The molecular formula is C23H28ClN5O3S2. The third-order valence-corrected chi connectivity index (χ3v) is 8.39. The lowest BCUT2D eigenvalue weighted by molar-refractivity contribution is -0.136. The summed E-state index contributed by atoms with van der Waals surface area (Å²) >= 11 is 8.96. The number of rotatable bonds is 6. The van der Waals surface area contributed by atoms with E-state index < -0.39 is 0 Å². The highest BCUT2D eigenvalue weighted by Gasteiger charge is 2.36. The number of aromatic nitrogens is 1. The van der Waals surface area contributed by atoms with Crippen molar-refractivity contribution in [3.05, 3.63) is 45.9 Å². The number of piperazine rings is 1. The van der Waals surface area contributed by atoms with E-state index in [1.807, 2.05) is 21.6 Å². The number of anilines is 1. The average molecular weight is 522 g/mol. The molecule has 34 heavy (non-hydrogen) atoms. The van der Waals surface area contributed by atoms with Crippen LogP contribution in [-0.2, 0) is 16.0 Å². The molecule has 11 heteroatoms. The van der Waals surface area contributed by atoms with Crippen molar-refractivity contribution in [3.8, 4) is 0 Å².